The molecule has 0 amide bonds. The van der Waals surface area contributed by atoms with Crippen molar-refractivity contribution in [2.75, 3.05) is 0 Å². The van der Waals surface area contributed by atoms with Crippen LogP contribution in [-0.4, -0.2) is 4.57 Å². The predicted octanol–water partition coefficient (Wildman–Crippen LogP) is 1.91. The van der Waals surface area contributed by atoms with Crippen LogP contribution < -0.4 is 16.0 Å². The van der Waals surface area contributed by atoms with Gasteiger partial charge in [-0.2, -0.15) is 5.26 Å². The summed E-state index contributed by atoms with van der Waals surface area (Å²) < 4.78 is 7.08. The minimum absolute atomic E-state index is 0.0523. The first-order valence-corrected chi connectivity index (χ1v) is 6.87. The van der Waals surface area contributed by atoms with Gasteiger partial charge in [0, 0.05) is 18.8 Å². The number of ether oxygens (including phenoxy) is 1. The molecule has 1 aromatic carbocycles. The fourth-order valence-corrected chi connectivity index (χ4v) is 2.72. The fraction of sp³-hybridized carbons (Fsp3) is 0.176. The van der Waals surface area contributed by atoms with E-state index in [1.54, 1.807) is 17.7 Å². The largest absolute Gasteiger partial charge is 0.440 e. The average molecular weight is 293 g/mol. The lowest BCUT2D eigenvalue weighted by molar-refractivity contribution is 0.389. The quantitative estimate of drug-likeness (QED) is 0.871. The van der Waals surface area contributed by atoms with Crippen LogP contribution in [-0.2, 0) is 7.05 Å². The normalized spacial score (nSPS) is 16.7. The molecule has 1 unspecified atom stereocenters. The molecule has 0 saturated carbocycles. The highest BCUT2D eigenvalue weighted by Crippen LogP contribution is 2.40. The Morgan fingerprint density at radius 3 is 2.64 bits per heavy atom. The predicted molar refractivity (Wildman–Crippen MR) is 82.2 cm³/mol. The number of fused-ring (bicyclic) bond motifs is 1. The van der Waals surface area contributed by atoms with Crippen molar-refractivity contribution in [2.45, 2.75) is 12.8 Å². The molecule has 0 radical (unpaired) electrons. The first kappa shape index (κ1) is 14.0. The Labute approximate surface area is 127 Å². The fourth-order valence-electron chi connectivity index (χ4n) is 2.72. The van der Waals surface area contributed by atoms with Crippen LogP contribution in [0, 0.1) is 18.3 Å². The minimum Gasteiger partial charge on any atom is -0.440 e. The molecule has 2 aromatic rings. The van der Waals surface area contributed by atoms with E-state index >= 15 is 0 Å². The van der Waals surface area contributed by atoms with E-state index in [1.165, 1.54) is 0 Å². The standard InChI is InChI=1S/C17H15N3O2/c1-10-8-13-15(17(21)20(10)2)14(11-6-4-3-5-7-11)12(9-18)16(19)22-13/h3-8,14H,19H2,1-2H3. The first-order valence-electron chi connectivity index (χ1n) is 6.87. The molecular weight excluding hydrogens is 278 g/mol. The van der Waals surface area contributed by atoms with Gasteiger partial charge in [0.2, 0.25) is 5.88 Å². The van der Waals surface area contributed by atoms with Crippen molar-refractivity contribution in [1.82, 2.24) is 4.57 Å². The van der Waals surface area contributed by atoms with Gasteiger partial charge in [0.1, 0.15) is 17.4 Å². The smallest absolute Gasteiger partial charge is 0.258 e. The van der Waals surface area contributed by atoms with Gasteiger partial charge in [-0.05, 0) is 12.5 Å². The van der Waals surface area contributed by atoms with E-state index in [2.05, 4.69) is 6.07 Å². The van der Waals surface area contributed by atoms with Gasteiger partial charge >= 0.3 is 0 Å². The van der Waals surface area contributed by atoms with Gasteiger partial charge in [-0.25, -0.2) is 0 Å². The number of benzene rings is 1. The molecule has 1 aliphatic rings. The summed E-state index contributed by atoms with van der Waals surface area (Å²) >= 11 is 0. The van der Waals surface area contributed by atoms with E-state index in [0.717, 1.165) is 11.3 Å². The molecule has 5 nitrogen and oxygen atoms in total. The first-order chi connectivity index (χ1) is 10.5. The maximum atomic E-state index is 12.7. The molecular formula is C17H15N3O2. The number of nitrogens with two attached hydrogens (primary N) is 1. The van der Waals surface area contributed by atoms with Crippen LogP contribution in [0.15, 0.2) is 52.6 Å². The molecule has 2 heterocycles. The summed E-state index contributed by atoms with van der Waals surface area (Å²) in [6, 6.07) is 13.2. The zero-order chi connectivity index (χ0) is 15.9. The molecule has 5 heteroatoms. The zero-order valence-corrected chi connectivity index (χ0v) is 12.3. The van der Waals surface area contributed by atoms with Crippen LogP contribution >= 0.6 is 0 Å². The Kier molecular flexibility index (Phi) is 3.22. The van der Waals surface area contributed by atoms with Gasteiger partial charge in [-0.1, -0.05) is 30.3 Å². The molecule has 0 spiro atoms. The third-order valence-electron chi connectivity index (χ3n) is 3.99. The summed E-state index contributed by atoms with van der Waals surface area (Å²) in [7, 11) is 1.70. The number of hydrogen-bond donors (Lipinski definition) is 1. The molecule has 2 N–H and O–H groups in total. The number of nitrogens with zero attached hydrogens (tertiary/aromatic N) is 2. The van der Waals surface area contributed by atoms with E-state index in [-0.39, 0.29) is 17.0 Å². The van der Waals surface area contributed by atoms with E-state index in [0.29, 0.717) is 11.3 Å². The van der Waals surface area contributed by atoms with Crippen LogP contribution in [0.4, 0.5) is 0 Å². The monoisotopic (exact) mass is 293 g/mol. The molecule has 0 bridgehead atoms. The zero-order valence-electron chi connectivity index (χ0n) is 12.3. The topological polar surface area (TPSA) is 81.0 Å². The Balaban J connectivity index is 2.36. The van der Waals surface area contributed by atoms with Crippen molar-refractivity contribution in [3.8, 4) is 11.8 Å². The second kappa shape index (κ2) is 5.08. The van der Waals surface area contributed by atoms with E-state index in [4.69, 9.17) is 10.5 Å². The molecule has 110 valence electrons. The number of rotatable bonds is 1. The molecule has 0 saturated heterocycles. The highest BCUT2D eigenvalue weighted by Gasteiger charge is 2.33. The van der Waals surface area contributed by atoms with Gasteiger partial charge in [-0.3, -0.25) is 4.79 Å². The molecule has 1 aromatic heterocycles. The van der Waals surface area contributed by atoms with Crippen molar-refractivity contribution in [2.24, 2.45) is 12.8 Å². The summed E-state index contributed by atoms with van der Waals surface area (Å²) in [6.07, 6.45) is 0. The van der Waals surface area contributed by atoms with E-state index in [1.807, 2.05) is 37.3 Å². The van der Waals surface area contributed by atoms with Gasteiger partial charge in [-0.15, -0.1) is 0 Å². The van der Waals surface area contributed by atoms with Crippen molar-refractivity contribution < 1.29 is 4.74 Å². The van der Waals surface area contributed by atoms with Crippen LogP contribution in [0.5, 0.6) is 5.75 Å². The molecule has 22 heavy (non-hydrogen) atoms. The lowest BCUT2D eigenvalue weighted by Crippen LogP contribution is -2.31. The van der Waals surface area contributed by atoms with Gasteiger partial charge < -0.3 is 15.0 Å². The Bertz CT molecular complexity index is 873. The molecule has 1 atom stereocenters. The van der Waals surface area contributed by atoms with Gasteiger partial charge in [0.25, 0.3) is 5.56 Å². The van der Waals surface area contributed by atoms with Crippen LogP contribution in [0.2, 0.25) is 0 Å². The Hall–Kier alpha value is -3.00. The number of pyridine rings is 1. The second-order valence-electron chi connectivity index (χ2n) is 5.26. The van der Waals surface area contributed by atoms with Crippen LogP contribution in [0.3, 0.4) is 0 Å². The third kappa shape index (κ3) is 1.97. The lowest BCUT2D eigenvalue weighted by atomic mass is 9.84. The summed E-state index contributed by atoms with van der Waals surface area (Å²) in [5.74, 6) is -0.0308. The highest BCUT2D eigenvalue weighted by atomic mass is 16.5. The second-order valence-corrected chi connectivity index (χ2v) is 5.26. The van der Waals surface area contributed by atoms with Crippen molar-refractivity contribution in [3.63, 3.8) is 0 Å². The van der Waals surface area contributed by atoms with E-state index in [9.17, 15) is 10.1 Å². The number of allylic oxidation sites excluding steroid dienone is 1. The average Bonchev–Trinajstić information content (AvgIpc) is 2.52. The summed E-state index contributed by atoms with van der Waals surface area (Å²) in [5.41, 5.74) is 8.04. The molecule has 0 aliphatic carbocycles. The van der Waals surface area contributed by atoms with Crippen LogP contribution in [0.25, 0.3) is 0 Å². The number of nitriles is 1. The number of aromatic nitrogens is 1. The molecule has 3 rings (SSSR count). The SMILES string of the molecule is Cc1cc2c(c(=O)n1C)C(c1ccccc1)C(C#N)=C(N)O2. The van der Waals surface area contributed by atoms with Crippen molar-refractivity contribution in [1.29, 1.82) is 5.26 Å². The van der Waals surface area contributed by atoms with E-state index < -0.39 is 5.92 Å². The Morgan fingerprint density at radius 1 is 1.32 bits per heavy atom. The third-order valence-corrected chi connectivity index (χ3v) is 3.99. The summed E-state index contributed by atoms with van der Waals surface area (Å²) in [5, 5.41) is 9.46. The van der Waals surface area contributed by atoms with Gasteiger partial charge in [0.05, 0.1) is 11.5 Å². The van der Waals surface area contributed by atoms with Gasteiger partial charge in [0.15, 0.2) is 0 Å². The summed E-state index contributed by atoms with van der Waals surface area (Å²) in [4.78, 5) is 12.7. The lowest BCUT2D eigenvalue weighted by Gasteiger charge is -2.26. The highest BCUT2D eigenvalue weighted by molar-refractivity contribution is 5.55. The Morgan fingerprint density at radius 2 is 2.00 bits per heavy atom. The summed E-state index contributed by atoms with van der Waals surface area (Å²) in [6.45, 7) is 1.82. The minimum atomic E-state index is -0.505. The number of hydrogen-bond acceptors (Lipinski definition) is 4. The maximum absolute atomic E-state index is 12.7. The number of aryl methyl sites for hydroxylation is 1. The maximum Gasteiger partial charge on any atom is 0.258 e. The van der Waals surface area contributed by atoms with Crippen molar-refractivity contribution >= 4 is 0 Å². The van der Waals surface area contributed by atoms with Crippen molar-refractivity contribution in [3.05, 3.63) is 75.0 Å². The van der Waals surface area contributed by atoms with Crippen LogP contribution in [0.1, 0.15) is 22.7 Å². The molecule has 1 aliphatic heterocycles. The molecule has 0 fully saturated rings.